The van der Waals surface area contributed by atoms with E-state index < -0.39 is 0 Å². The van der Waals surface area contributed by atoms with Crippen molar-refractivity contribution in [3.05, 3.63) is 20.8 Å². The second-order valence-corrected chi connectivity index (χ2v) is 5.89. The first-order chi connectivity index (χ1) is 9.04. The number of carbonyl (C=O) groups excluding carboxylic acids is 1. The topological polar surface area (TPSA) is 78.9 Å². The molecule has 0 atom stereocenters. The Kier molecular flexibility index (Phi) is 4.31. The zero-order valence-electron chi connectivity index (χ0n) is 10.6. The Hall–Kier alpha value is -1.27. The minimum absolute atomic E-state index is 0.0589. The van der Waals surface area contributed by atoms with Crippen LogP contribution in [0.2, 0.25) is 5.02 Å². The molecule has 1 aliphatic rings. The minimum Gasteiger partial charge on any atom is -0.409 e. The van der Waals surface area contributed by atoms with Gasteiger partial charge in [-0.25, -0.2) is 0 Å². The number of thiophene rings is 1. The summed E-state index contributed by atoms with van der Waals surface area (Å²) in [6.07, 6.45) is 2.37. The van der Waals surface area contributed by atoms with E-state index >= 15 is 0 Å². The van der Waals surface area contributed by atoms with Crippen LogP contribution in [0.1, 0.15) is 34.5 Å². The van der Waals surface area contributed by atoms with Crippen LogP contribution in [0.15, 0.2) is 10.5 Å². The lowest BCUT2D eigenvalue weighted by Crippen LogP contribution is -2.35. The highest BCUT2D eigenvalue weighted by Crippen LogP contribution is 2.33. The number of hydrogen-bond donors (Lipinski definition) is 2. The van der Waals surface area contributed by atoms with Gasteiger partial charge in [0.25, 0.3) is 5.91 Å². The normalized spacial score (nSPS) is 15.6. The summed E-state index contributed by atoms with van der Waals surface area (Å²) in [5.41, 5.74) is 6.37. The molecule has 0 bridgehead atoms. The summed E-state index contributed by atoms with van der Waals surface area (Å²) in [4.78, 5) is 14.8. The number of amidine groups is 1. The second kappa shape index (κ2) is 5.79. The number of halogens is 1. The van der Waals surface area contributed by atoms with Crippen LogP contribution < -0.4 is 5.73 Å². The summed E-state index contributed by atoms with van der Waals surface area (Å²) in [7, 11) is 0. The number of amides is 1. The predicted molar refractivity (Wildman–Crippen MR) is 76.2 cm³/mol. The number of nitrogens with zero attached hydrogens (tertiary/aromatic N) is 2. The third-order valence-electron chi connectivity index (χ3n) is 3.08. The van der Waals surface area contributed by atoms with Crippen molar-refractivity contribution in [3.8, 4) is 0 Å². The molecule has 1 aliphatic carbocycles. The van der Waals surface area contributed by atoms with Gasteiger partial charge in [-0.2, -0.15) is 0 Å². The quantitative estimate of drug-likeness (QED) is 0.379. The van der Waals surface area contributed by atoms with Crippen LogP contribution in [-0.2, 0) is 0 Å². The summed E-state index contributed by atoms with van der Waals surface area (Å²) >= 11 is 7.50. The molecule has 0 saturated heterocycles. The van der Waals surface area contributed by atoms with Crippen LogP contribution >= 0.6 is 22.9 Å². The molecule has 19 heavy (non-hydrogen) atoms. The minimum atomic E-state index is -0.0589. The van der Waals surface area contributed by atoms with Gasteiger partial charge < -0.3 is 15.8 Å². The van der Waals surface area contributed by atoms with Crippen molar-refractivity contribution in [2.75, 3.05) is 6.54 Å². The summed E-state index contributed by atoms with van der Waals surface area (Å²) in [6.45, 7) is 2.33. The maximum absolute atomic E-state index is 12.5. The molecule has 3 N–H and O–H groups in total. The molecule has 1 saturated carbocycles. The molecule has 1 heterocycles. The van der Waals surface area contributed by atoms with Crippen molar-refractivity contribution in [2.24, 2.45) is 10.9 Å². The predicted octanol–water partition coefficient (Wildman–Crippen LogP) is 2.45. The van der Waals surface area contributed by atoms with E-state index in [0.717, 1.165) is 18.4 Å². The summed E-state index contributed by atoms with van der Waals surface area (Å²) in [6, 6.07) is 0.262. The Morgan fingerprint density at radius 2 is 2.37 bits per heavy atom. The zero-order chi connectivity index (χ0) is 14.0. The molecule has 0 radical (unpaired) electrons. The SMILES string of the molecule is Cc1csc(C(=O)N(CCC(N)=NO)C2CC2)c1Cl. The van der Waals surface area contributed by atoms with E-state index in [0.29, 0.717) is 22.9 Å². The van der Waals surface area contributed by atoms with E-state index in [-0.39, 0.29) is 17.8 Å². The molecule has 2 rings (SSSR count). The third kappa shape index (κ3) is 3.19. The smallest absolute Gasteiger partial charge is 0.265 e. The lowest BCUT2D eigenvalue weighted by molar-refractivity contribution is 0.0752. The molecule has 5 nitrogen and oxygen atoms in total. The van der Waals surface area contributed by atoms with Gasteiger partial charge in [0, 0.05) is 19.0 Å². The van der Waals surface area contributed by atoms with Gasteiger partial charge >= 0.3 is 0 Å². The van der Waals surface area contributed by atoms with Crippen LogP contribution in [0.5, 0.6) is 0 Å². The highest BCUT2D eigenvalue weighted by atomic mass is 35.5. The molecule has 1 fully saturated rings. The number of aryl methyl sites for hydroxylation is 1. The van der Waals surface area contributed by atoms with Gasteiger partial charge in [-0.3, -0.25) is 4.79 Å². The molecule has 1 aromatic heterocycles. The third-order valence-corrected chi connectivity index (χ3v) is 4.76. The standard InChI is InChI=1S/C12H16ClN3O2S/c1-7-6-19-11(10(7)13)12(17)16(8-2-3-8)5-4-9(14)15-18/h6,8,18H,2-5H2,1H3,(H2,14,15). The maximum atomic E-state index is 12.5. The van der Waals surface area contributed by atoms with Crippen molar-refractivity contribution >= 4 is 34.7 Å². The molecule has 0 unspecified atom stereocenters. The van der Waals surface area contributed by atoms with Gasteiger partial charge in [0.15, 0.2) is 0 Å². The van der Waals surface area contributed by atoms with E-state index in [2.05, 4.69) is 5.16 Å². The average molecular weight is 302 g/mol. The molecule has 1 amide bonds. The maximum Gasteiger partial charge on any atom is 0.265 e. The second-order valence-electron chi connectivity index (χ2n) is 4.63. The first kappa shape index (κ1) is 14.1. The molecule has 0 spiro atoms. The number of hydrogen-bond acceptors (Lipinski definition) is 4. The van der Waals surface area contributed by atoms with Gasteiger partial charge in [0.2, 0.25) is 0 Å². The Morgan fingerprint density at radius 3 is 2.84 bits per heavy atom. The molecule has 7 heteroatoms. The largest absolute Gasteiger partial charge is 0.409 e. The van der Waals surface area contributed by atoms with Crippen LogP contribution in [0.25, 0.3) is 0 Å². The first-order valence-electron chi connectivity index (χ1n) is 6.05. The summed E-state index contributed by atoms with van der Waals surface area (Å²) in [5, 5.41) is 13.9. The fourth-order valence-electron chi connectivity index (χ4n) is 1.83. The molecule has 0 aromatic carbocycles. The lowest BCUT2D eigenvalue weighted by Gasteiger charge is -2.21. The number of carbonyl (C=O) groups is 1. The van der Waals surface area contributed by atoms with Crippen molar-refractivity contribution in [2.45, 2.75) is 32.2 Å². The van der Waals surface area contributed by atoms with Crippen LogP contribution in [0, 0.1) is 6.92 Å². The van der Waals surface area contributed by atoms with E-state index in [9.17, 15) is 4.79 Å². The zero-order valence-corrected chi connectivity index (χ0v) is 12.2. The molecular weight excluding hydrogens is 286 g/mol. The van der Waals surface area contributed by atoms with Gasteiger partial charge in [-0.1, -0.05) is 16.8 Å². The van der Waals surface area contributed by atoms with Crippen molar-refractivity contribution < 1.29 is 10.0 Å². The van der Waals surface area contributed by atoms with E-state index in [1.807, 2.05) is 12.3 Å². The van der Waals surface area contributed by atoms with Gasteiger partial charge in [-0.15, -0.1) is 11.3 Å². The van der Waals surface area contributed by atoms with E-state index in [1.165, 1.54) is 11.3 Å². The fraction of sp³-hybridized carbons (Fsp3) is 0.500. The van der Waals surface area contributed by atoms with E-state index in [1.54, 1.807) is 4.90 Å². The number of nitrogens with two attached hydrogens (primary N) is 1. The summed E-state index contributed by atoms with van der Waals surface area (Å²) < 4.78 is 0. The van der Waals surface area contributed by atoms with Crippen molar-refractivity contribution in [3.63, 3.8) is 0 Å². The van der Waals surface area contributed by atoms with Gasteiger partial charge in [0.1, 0.15) is 10.7 Å². The molecule has 0 aliphatic heterocycles. The van der Waals surface area contributed by atoms with E-state index in [4.69, 9.17) is 22.5 Å². The lowest BCUT2D eigenvalue weighted by atomic mass is 10.3. The van der Waals surface area contributed by atoms with Gasteiger partial charge in [-0.05, 0) is 30.7 Å². The number of oxime groups is 1. The Bertz CT molecular complexity index is 511. The average Bonchev–Trinajstić information content (AvgIpc) is 3.17. The van der Waals surface area contributed by atoms with Crippen LogP contribution in [0.3, 0.4) is 0 Å². The van der Waals surface area contributed by atoms with Crippen molar-refractivity contribution in [1.82, 2.24) is 4.90 Å². The Labute approximate surface area is 120 Å². The molecule has 104 valence electrons. The van der Waals surface area contributed by atoms with Crippen LogP contribution in [-0.4, -0.2) is 34.4 Å². The monoisotopic (exact) mass is 301 g/mol. The fourth-order valence-corrected chi connectivity index (χ4v) is 3.05. The van der Waals surface area contributed by atoms with Crippen molar-refractivity contribution in [1.29, 1.82) is 0 Å². The van der Waals surface area contributed by atoms with Gasteiger partial charge in [0.05, 0.1) is 5.02 Å². The Morgan fingerprint density at radius 1 is 1.68 bits per heavy atom. The Balaban J connectivity index is 2.11. The molecule has 1 aromatic rings. The summed E-state index contributed by atoms with van der Waals surface area (Å²) in [5.74, 6) is 0.0725. The highest BCUT2D eigenvalue weighted by Gasteiger charge is 2.34. The first-order valence-corrected chi connectivity index (χ1v) is 7.31. The highest BCUT2D eigenvalue weighted by molar-refractivity contribution is 7.13. The van der Waals surface area contributed by atoms with Crippen LogP contribution in [0.4, 0.5) is 0 Å². The molecular formula is C12H16ClN3O2S. The number of rotatable bonds is 5.